The van der Waals surface area contributed by atoms with Gasteiger partial charge in [-0.2, -0.15) is 0 Å². The van der Waals surface area contributed by atoms with Crippen LogP contribution in [0.4, 0.5) is 0 Å². The van der Waals surface area contributed by atoms with Crippen LogP contribution in [0.2, 0.25) is 0 Å². The number of hydrogen-bond donors (Lipinski definition) is 1. The number of carbonyl (C=O) groups is 1. The molecule has 130 valence electrons. The van der Waals surface area contributed by atoms with Gasteiger partial charge in [0.1, 0.15) is 11.5 Å². The van der Waals surface area contributed by atoms with Gasteiger partial charge >= 0.3 is 0 Å². The highest BCUT2D eigenvalue weighted by Gasteiger charge is 2.22. The lowest BCUT2D eigenvalue weighted by Gasteiger charge is -2.26. The van der Waals surface area contributed by atoms with Crippen LogP contribution >= 0.6 is 0 Å². The van der Waals surface area contributed by atoms with E-state index >= 15 is 0 Å². The predicted molar refractivity (Wildman–Crippen MR) is 103 cm³/mol. The zero-order chi connectivity index (χ0) is 17.8. The number of rotatable bonds is 4. The molecule has 0 aromatic heterocycles. The van der Waals surface area contributed by atoms with Crippen LogP contribution in [0, 0.1) is 0 Å². The van der Waals surface area contributed by atoms with Crippen LogP contribution in [-0.2, 0) is 6.42 Å². The average Bonchev–Trinajstić information content (AvgIpc) is 2.69. The third kappa shape index (κ3) is 3.62. The third-order valence-electron chi connectivity index (χ3n) is 4.75. The van der Waals surface area contributed by atoms with Gasteiger partial charge in [-0.3, -0.25) is 4.79 Å². The van der Waals surface area contributed by atoms with Gasteiger partial charge in [0.2, 0.25) is 0 Å². The van der Waals surface area contributed by atoms with Gasteiger partial charge in [0.15, 0.2) is 0 Å². The molecule has 0 radical (unpaired) electrons. The van der Waals surface area contributed by atoms with E-state index in [2.05, 4.69) is 23.5 Å². The first-order chi connectivity index (χ1) is 12.8. The summed E-state index contributed by atoms with van der Waals surface area (Å²) in [5, 5.41) is 3.19. The minimum atomic E-state index is -0.0646. The lowest BCUT2D eigenvalue weighted by atomic mass is 9.87. The normalized spacial score (nSPS) is 15.8. The Labute approximate surface area is 153 Å². The molecule has 1 atom stereocenters. The van der Waals surface area contributed by atoms with E-state index < -0.39 is 0 Å². The van der Waals surface area contributed by atoms with Crippen LogP contribution in [0.1, 0.15) is 40.4 Å². The molecule has 3 nitrogen and oxygen atoms in total. The Balaban J connectivity index is 1.50. The van der Waals surface area contributed by atoms with Gasteiger partial charge in [-0.15, -0.1) is 0 Å². The summed E-state index contributed by atoms with van der Waals surface area (Å²) in [6.45, 7) is 0. The quantitative estimate of drug-likeness (QED) is 0.699. The molecule has 4 rings (SSSR count). The molecule has 1 N–H and O–H groups in total. The molecule has 3 aromatic rings. The maximum absolute atomic E-state index is 12.8. The molecule has 1 amide bonds. The van der Waals surface area contributed by atoms with Crippen molar-refractivity contribution >= 4 is 5.91 Å². The summed E-state index contributed by atoms with van der Waals surface area (Å²) >= 11 is 0. The van der Waals surface area contributed by atoms with E-state index in [1.165, 1.54) is 11.1 Å². The SMILES string of the molecule is O=C(N[C@H]1CCCc2ccccc21)c1cccc(Oc2ccccc2)c1. The number of amides is 1. The Kier molecular flexibility index (Phi) is 4.69. The van der Waals surface area contributed by atoms with Crippen molar-refractivity contribution in [2.75, 3.05) is 0 Å². The van der Waals surface area contributed by atoms with Crippen molar-refractivity contribution in [1.29, 1.82) is 0 Å². The summed E-state index contributed by atoms with van der Waals surface area (Å²) in [5.41, 5.74) is 3.19. The van der Waals surface area contributed by atoms with Crippen molar-refractivity contribution in [2.45, 2.75) is 25.3 Å². The second-order valence-corrected chi connectivity index (χ2v) is 6.56. The number of hydrogen-bond acceptors (Lipinski definition) is 2. The van der Waals surface area contributed by atoms with Gasteiger partial charge in [-0.05, 0) is 60.7 Å². The predicted octanol–water partition coefficient (Wildman–Crippen LogP) is 5.29. The molecule has 1 aliphatic rings. The maximum Gasteiger partial charge on any atom is 0.251 e. The fourth-order valence-corrected chi connectivity index (χ4v) is 3.47. The van der Waals surface area contributed by atoms with Crippen molar-refractivity contribution in [2.24, 2.45) is 0 Å². The number of para-hydroxylation sites is 1. The van der Waals surface area contributed by atoms with E-state index in [9.17, 15) is 4.79 Å². The number of ether oxygens (including phenoxy) is 1. The first kappa shape index (κ1) is 16.4. The molecule has 0 unspecified atom stereocenters. The van der Waals surface area contributed by atoms with Crippen LogP contribution in [0.5, 0.6) is 11.5 Å². The van der Waals surface area contributed by atoms with E-state index in [-0.39, 0.29) is 11.9 Å². The highest BCUT2D eigenvalue weighted by molar-refractivity contribution is 5.94. The van der Waals surface area contributed by atoms with Gasteiger partial charge in [0.25, 0.3) is 5.91 Å². The molecule has 0 aliphatic heterocycles. The molecule has 0 saturated carbocycles. The van der Waals surface area contributed by atoms with Gasteiger partial charge in [0, 0.05) is 5.56 Å². The van der Waals surface area contributed by atoms with E-state index in [1.54, 1.807) is 6.07 Å². The summed E-state index contributed by atoms with van der Waals surface area (Å²) in [4.78, 5) is 12.8. The molecule has 3 aromatic carbocycles. The highest BCUT2D eigenvalue weighted by atomic mass is 16.5. The van der Waals surface area contributed by atoms with Crippen molar-refractivity contribution < 1.29 is 9.53 Å². The second-order valence-electron chi connectivity index (χ2n) is 6.56. The fraction of sp³-hybridized carbons (Fsp3) is 0.174. The van der Waals surface area contributed by atoms with Crippen molar-refractivity contribution in [3.63, 3.8) is 0 Å². The van der Waals surface area contributed by atoms with Crippen molar-refractivity contribution in [3.8, 4) is 11.5 Å². The van der Waals surface area contributed by atoms with Gasteiger partial charge in [-0.1, -0.05) is 48.5 Å². The first-order valence-electron chi connectivity index (χ1n) is 9.01. The number of fused-ring (bicyclic) bond motifs is 1. The Bertz CT molecular complexity index is 905. The Morgan fingerprint density at radius 1 is 0.885 bits per heavy atom. The summed E-state index contributed by atoms with van der Waals surface area (Å²) in [6.07, 6.45) is 3.16. The molecular formula is C23H21NO2. The van der Waals surface area contributed by atoms with Crippen molar-refractivity contribution in [3.05, 3.63) is 95.6 Å². The number of nitrogens with one attached hydrogen (secondary N) is 1. The van der Waals surface area contributed by atoms with Crippen LogP contribution in [0.15, 0.2) is 78.9 Å². The largest absolute Gasteiger partial charge is 0.457 e. The lowest BCUT2D eigenvalue weighted by molar-refractivity contribution is 0.0932. The summed E-state index contributed by atoms with van der Waals surface area (Å²) in [7, 11) is 0. The van der Waals surface area contributed by atoms with Crippen molar-refractivity contribution in [1.82, 2.24) is 5.32 Å². The van der Waals surface area contributed by atoms with E-state index in [4.69, 9.17) is 4.74 Å². The molecule has 0 heterocycles. The number of aryl methyl sites for hydroxylation is 1. The average molecular weight is 343 g/mol. The standard InChI is InChI=1S/C23H21NO2/c25-23(24-22-15-7-9-17-8-4-5-14-21(17)22)18-10-6-13-20(16-18)26-19-11-2-1-3-12-19/h1-6,8,10-14,16,22H,7,9,15H2,(H,24,25)/t22-/m0/s1. The molecule has 0 fully saturated rings. The van der Waals surface area contributed by atoms with E-state index in [1.807, 2.05) is 54.6 Å². The summed E-state index contributed by atoms with van der Waals surface area (Å²) in [5.74, 6) is 1.35. The molecule has 26 heavy (non-hydrogen) atoms. The number of carbonyl (C=O) groups excluding carboxylic acids is 1. The minimum Gasteiger partial charge on any atom is -0.457 e. The topological polar surface area (TPSA) is 38.3 Å². The van der Waals surface area contributed by atoms with Gasteiger partial charge in [-0.25, -0.2) is 0 Å². The molecule has 1 aliphatic carbocycles. The van der Waals surface area contributed by atoms with Gasteiger partial charge in [0.05, 0.1) is 6.04 Å². The van der Waals surface area contributed by atoms with Crippen LogP contribution < -0.4 is 10.1 Å². The summed E-state index contributed by atoms with van der Waals surface area (Å²) in [6, 6.07) is 25.3. The Hall–Kier alpha value is -3.07. The van der Waals surface area contributed by atoms with Crippen LogP contribution in [0.25, 0.3) is 0 Å². The zero-order valence-corrected chi connectivity index (χ0v) is 14.5. The minimum absolute atomic E-state index is 0.0646. The van der Waals surface area contributed by atoms with E-state index in [0.29, 0.717) is 11.3 Å². The number of benzene rings is 3. The van der Waals surface area contributed by atoms with Crippen LogP contribution in [-0.4, -0.2) is 5.91 Å². The maximum atomic E-state index is 12.8. The molecular weight excluding hydrogens is 322 g/mol. The molecule has 0 spiro atoms. The van der Waals surface area contributed by atoms with E-state index in [0.717, 1.165) is 25.0 Å². The monoisotopic (exact) mass is 343 g/mol. The zero-order valence-electron chi connectivity index (χ0n) is 14.5. The lowest BCUT2D eigenvalue weighted by Crippen LogP contribution is -2.30. The molecule has 0 saturated heterocycles. The first-order valence-corrected chi connectivity index (χ1v) is 9.01. The second kappa shape index (κ2) is 7.44. The van der Waals surface area contributed by atoms with Gasteiger partial charge < -0.3 is 10.1 Å². The molecule has 0 bridgehead atoms. The summed E-state index contributed by atoms with van der Waals surface area (Å²) < 4.78 is 5.84. The van der Waals surface area contributed by atoms with Crippen LogP contribution in [0.3, 0.4) is 0 Å². The highest BCUT2D eigenvalue weighted by Crippen LogP contribution is 2.30. The fourth-order valence-electron chi connectivity index (χ4n) is 3.47. The third-order valence-corrected chi connectivity index (χ3v) is 4.75. The Morgan fingerprint density at radius 2 is 1.65 bits per heavy atom. The Morgan fingerprint density at radius 3 is 2.54 bits per heavy atom. The smallest absolute Gasteiger partial charge is 0.251 e. The molecule has 3 heteroatoms.